The molecule has 0 saturated carbocycles. The van der Waals surface area contributed by atoms with E-state index in [1.54, 1.807) is 11.8 Å². The Morgan fingerprint density at radius 3 is 2.35 bits per heavy atom. The third-order valence-corrected chi connectivity index (χ3v) is 8.17. The normalized spacial score (nSPS) is 18.0. The van der Waals surface area contributed by atoms with Crippen LogP contribution in [0.5, 0.6) is 5.75 Å². The van der Waals surface area contributed by atoms with Gasteiger partial charge in [-0.05, 0) is 60.1 Å². The molecule has 1 unspecified atom stereocenters. The second kappa shape index (κ2) is 13.5. The summed E-state index contributed by atoms with van der Waals surface area (Å²) in [5.74, 6) is -4.17. The molecule has 2 atom stereocenters. The van der Waals surface area contributed by atoms with E-state index in [2.05, 4.69) is 5.32 Å². The van der Waals surface area contributed by atoms with Crippen LogP contribution in [0.4, 0.5) is 13.2 Å². The lowest BCUT2D eigenvalue weighted by Crippen LogP contribution is -2.61. The highest BCUT2D eigenvalue weighted by Crippen LogP contribution is 2.34. The summed E-state index contributed by atoms with van der Waals surface area (Å²) in [6.07, 6.45) is 2.42. The molecule has 1 saturated heterocycles. The van der Waals surface area contributed by atoms with E-state index in [0.717, 1.165) is 40.8 Å². The fraction of sp³-hybridized carbons (Fsp3) is 0.353. The molecule has 3 aromatic carbocycles. The van der Waals surface area contributed by atoms with E-state index in [1.807, 2.05) is 66.5 Å². The Bertz CT molecular complexity index is 1490. The Hall–Kier alpha value is -4.11. The summed E-state index contributed by atoms with van der Waals surface area (Å²) >= 11 is 0. The number of hydrogen-bond donors (Lipinski definition) is 1. The molecule has 0 aliphatic carbocycles. The molecule has 3 aromatic rings. The maximum atomic E-state index is 13.9. The quantitative estimate of drug-likeness (QED) is 0.261. The Morgan fingerprint density at radius 2 is 1.63 bits per heavy atom. The number of carbonyl (C=O) groups excluding carboxylic acids is 2. The third kappa shape index (κ3) is 7.10. The lowest BCUT2D eigenvalue weighted by Gasteiger charge is -2.44. The van der Waals surface area contributed by atoms with Crippen LogP contribution in [0, 0.1) is 17.5 Å². The summed E-state index contributed by atoms with van der Waals surface area (Å²) in [7, 11) is 1.82. The molecule has 9 heteroatoms. The minimum Gasteiger partial charge on any atom is -0.488 e. The molecule has 0 radical (unpaired) electrons. The highest BCUT2D eigenvalue weighted by atomic mass is 19.2. The van der Waals surface area contributed by atoms with Crippen LogP contribution in [-0.2, 0) is 22.4 Å². The summed E-state index contributed by atoms with van der Waals surface area (Å²) in [5, 5.41) is 3.58. The molecule has 1 fully saturated rings. The largest absolute Gasteiger partial charge is 0.488 e. The van der Waals surface area contributed by atoms with Crippen LogP contribution in [0.3, 0.4) is 0 Å². The zero-order chi connectivity index (χ0) is 30.5. The first kappa shape index (κ1) is 30.4. The van der Waals surface area contributed by atoms with Crippen LogP contribution >= 0.6 is 0 Å². The lowest BCUT2D eigenvalue weighted by molar-refractivity contribution is -0.132. The molecule has 226 valence electrons. The number of halogens is 3. The number of ether oxygens (including phenoxy) is 1. The SMILES string of the molecule is CC(=O)N1CC2CC(c3ccc(CCCOc4c(F)ccc(F)c4F)cc3)=C(C(=O)N(C)CCc3ccccc3)[C@@H](C1)N2. The first-order valence-corrected chi connectivity index (χ1v) is 14.6. The zero-order valence-corrected chi connectivity index (χ0v) is 24.4. The number of nitrogens with zero attached hydrogens (tertiary/aromatic N) is 2. The summed E-state index contributed by atoms with van der Waals surface area (Å²) in [4.78, 5) is 29.8. The van der Waals surface area contributed by atoms with Gasteiger partial charge in [0, 0.05) is 45.2 Å². The van der Waals surface area contributed by atoms with Crippen molar-refractivity contribution in [1.29, 1.82) is 0 Å². The molecule has 2 aliphatic heterocycles. The summed E-state index contributed by atoms with van der Waals surface area (Å²) in [5.41, 5.74) is 4.79. The van der Waals surface area contributed by atoms with Crippen LogP contribution in [0.15, 0.2) is 72.3 Å². The fourth-order valence-electron chi connectivity index (χ4n) is 5.84. The first-order chi connectivity index (χ1) is 20.7. The van der Waals surface area contributed by atoms with E-state index in [0.29, 0.717) is 44.5 Å². The number of aryl methyl sites for hydroxylation is 1. The van der Waals surface area contributed by atoms with Gasteiger partial charge in [0.25, 0.3) is 5.91 Å². The van der Waals surface area contributed by atoms with Gasteiger partial charge in [-0.25, -0.2) is 8.78 Å². The predicted octanol–water partition coefficient (Wildman–Crippen LogP) is 5.16. The Labute approximate surface area is 250 Å². The number of hydrogen-bond acceptors (Lipinski definition) is 4. The molecule has 2 amide bonds. The molecule has 43 heavy (non-hydrogen) atoms. The molecule has 0 spiro atoms. The number of likely N-dealkylation sites (N-methyl/N-ethyl adjacent to an activating group) is 1. The predicted molar refractivity (Wildman–Crippen MR) is 159 cm³/mol. The maximum absolute atomic E-state index is 13.9. The van der Waals surface area contributed by atoms with Gasteiger partial charge in [-0.3, -0.25) is 9.59 Å². The average Bonchev–Trinajstić information content (AvgIpc) is 3.01. The van der Waals surface area contributed by atoms with E-state index in [1.165, 1.54) is 0 Å². The number of nitrogens with one attached hydrogen (secondary N) is 1. The molecular formula is C34H36F3N3O3. The highest BCUT2D eigenvalue weighted by Gasteiger charge is 2.39. The van der Waals surface area contributed by atoms with Crippen LogP contribution < -0.4 is 10.1 Å². The summed E-state index contributed by atoms with van der Waals surface area (Å²) < 4.78 is 46.3. The van der Waals surface area contributed by atoms with E-state index >= 15 is 0 Å². The van der Waals surface area contributed by atoms with Gasteiger partial charge in [0.05, 0.1) is 12.6 Å². The van der Waals surface area contributed by atoms with E-state index < -0.39 is 23.2 Å². The van der Waals surface area contributed by atoms with Gasteiger partial charge in [0.15, 0.2) is 17.4 Å². The second-order valence-electron chi connectivity index (χ2n) is 11.2. The molecule has 5 rings (SSSR count). The number of rotatable bonds is 10. The monoisotopic (exact) mass is 591 g/mol. The number of fused-ring (bicyclic) bond motifs is 2. The van der Waals surface area contributed by atoms with Crippen molar-refractivity contribution in [1.82, 2.24) is 15.1 Å². The van der Waals surface area contributed by atoms with Crippen molar-refractivity contribution < 1.29 is 27.5 Å². The van der Waals surface area contributed by atoms with Crippen molar-refractivity contribution >= 4 is 17.4 Å². The van der Waals surface area contributed by atoms with Gasteiger partial charge in [0.1, 0.15) is 0 Å². The highest BCUT2D eigenvalue weighted by molar-refractivity contribution is 6.03. The van der Waals surface area contributed by atoms with Gasteiger partial charge < -0.3 is 19.9 Å². The minimum absolute atomic E-state index is 0.000361. The van der Waals surface area contributed by atoms with E-state index in [-0.39, 0.29) is 30.5 Å². The van der Waals surface area contributed by atoms with Crippen molar-refractivity contribution in [2.75, 3.05) is 33.3 Å². The van der Waals surface area contributed by atoms with Crippen LogP contribution in [0.2, 0.25) is 0 Å². The number of carbonyl (C=O) groups is 2. The van der Waals surface area contributed by atoms with E-state index in [4.69, 9.17) is 4.74 Å². The zero-order valence-electron chi connectivity index (χ0n) is 24.4. The molecule has 2 heterocycles. The topological polar surface area (TPSA) is 61.9 Å². The van der Waals surface area contributed by atoms with Crippen LogP contribution in [0.1, 0.15) is 36.5 Å². The average molecular weight is 592 g/mol. The first-order valence-electron chi connectivity index (χ1n) is 14.6. The number of amides is 2. The number of benzene rings is 3. The number of piperazine rings is 1. The summed E-state index contributed by atoms with van der Waals surface area (Å²) in [6, 6.07) is 19.3. The maximum Gasteiger partial charge on any atom is 0.251 e. The minimum atomic E-state index is -1.33. The van der Waals surface area contributed by atoms with Crippen LogP contribution in [0.25, 0.3) is 5.57 Å². The summed E-state index contributed by atoms with van der Waals surface area (Å²) in [6.45, 7) is 3.18. The van der Waals surface area contributed by atoms with Crippen molar-refractivity contribution in [2.45, 2.75) is 44.7 Å². The van der Waals surface area contributed by atoms with Crippen molar-refractivity contribution in [3.8, 4) is 5.75 Å². The Balaban J connectivity index is 1.30. The molecule has 0 aromatic heterocycles. The van der Waals surface area contributed by atoms with E-state index in [9.17, 15) is 22.8 Å². The van der Waals surface area contributed by atoms with Gasteiger partial charge in [-0.1, -0.05) is 54.6 Å². The molecule has 2 bridgehead atoms. The lowest BCUT2D eigenvalue weighted by atomic mass is 9.82. The smallest absolute Gasteiger partial charge is 0.251 e. The third-order valence-electron chi connectivity index (χ3n) is 8.17. The van der Waals surface area contributed by atoms with Crippen molar-refractivity contribution in [3.63, 3.8) is 0 Å². The Kier molecular flexibility index (Phi) is 9.50. The van der Waals surface area contributed by atoms with Gasteiger partial charge in [-0.15, -0.1) is 0 Å². The Morgan fingerprint density at radius 1 is 0.930 bits per heavy atom. The van der Waals surface area contributed by atoms with Crippen molar-refractivity contribution in [3.05, 3.63) is 106 Å². The van der Waals surface area contributed by atoms with Gasteiger partial charge in [-0.2, -0.15) is 4.39 Å². The molecule has 1 N–H and O–H groups in total. The van der Waals surface area contributed by atoms with Crippen LogP contribution in [-0.4, -0.2) is 67.0 Å². The molecule has 6 nitrogen and oxygen atoms in total. The molecule has 2 aliphatic rings. The van der Waals surface area contributed by atoms with Gasteiger partial charge >= 0.3 is 0 Å². The standard InChI is InChI=1S/C34H36F3N3O3/c1-22(41)40-20-26-19-27(31(30(21-40)38-26)34(42)39(2)17-16-23-7-4-3-5-8-23)25-12-10-24(11-13-25)9-6-18-43-33-29(36)15-14-28(35)32(33)37/h3-5,7-8,10-15,26,30,38H,6,9,16-21H2,1-2H3/t26?,30-/m1/s1. The van der Waals surface area contributed by atoms with Gasteiger partial charge in [0.2, 0.25) is 11.7 Å². The molecular weight excluding hydrogens is 555 g/mol. The van der Waals surface area contributed by atoms with Crippen molar-refractivity contribution in [2.24, 2.45) is 0 Å². The second-order valence-corrected chi connectivity index (χ2v) is 11.2. The fourth-order valence-corrected chi connectivity index (χ4v) is 5.84.